The summed E-state index contributed by atoms with van der Waals surface area (Å²) in [4.78, 5) is 24.5. The number of anilines is 1. The van der Waals surface area contributed by atoms with Gasteiger partial charge in [-0.3, -0.25) is 20.1 Å². The largest absolute Gasteiger partial charge is 0.298 e. The van der Waals surface area contributed by atoms with Crippen LogP contribution in [0.15, 0.2) is 42.2 Å². The van der Waals surface area contributed by atoms with Crippen molar-refractivity contribution in [2.24, 2.45) is 0 Å². The summed E-state index contributed by atoms with van der Waals surface area (Å²) < 4.78 is 0. The molecule has 1 amide bonds. The number of carbonyl (C=O) groups is 1. The summed E-state index contributed by atoms with van der Waals surface area (Å²) in [7, 11) is 0. The van der Waals surface area contributed by atoms with Crippen molar-refractivity contribution in [3.63, 3.8) is 0 Å². The lowest BCUT2D eigenvalue weighted by Crippen LogP contribution is -2.12. The lowest BCUT2D eigenvalue weighted by atomic mass is 10.1. The molecule has 1 N–H and O–H groups in total. The Balaban J connectivity index is 2.01. The van der Waals surface area contributed by atoms with Crippen LogP contribution < -0.4 is 5.32 Å². The van der Waals surface area contributed by atoms with Crippen molar-refractivity contribution >= 4 is 33.4 Å². The second-order valence-electron chi connectivity index (χ2n) is 3.52. The Kier molecular flexibility index (Phi) is 2.70. The lowest BCUT2D eigenvalue weighted by molar-refractivity contribution is 0.102. The van der Waals surface area contributed by atoms with Crippen LogP contribution in [-0.2, 0) is 0 Å². The van der Waals surface area contributed by atoms with E-state index in [-0.39, 0.29) is 5.91 Å². The van der Waals surface area contributed by atoms with Gasteiger partial charge in [-0.1, -0.05) is 6.07 Å². The molecule has 0 aliphatic heterocycles. The predicted octanol–water partition coefficient (Wildman–Crippen LogP) is 2.34. The van der Waals surface area contributed by atoms with Crippen molar-refractivity contribution in [1.82, 2.24) is 15.0 Å². The molecule has 0 radical (unpaired) electrons. The van der Waals surface area contributed by atoms with E-state index in [0.29, 0.717) is 21.7 Å². The summed E-state index contributed by atoms with van der Waals surface area (Å²) in [5.74, 6) is -0.226. The molecule has 0 fully saturated rings. The molecule has 1 aromatic carbocycles. The van der Waals surface area contributed by atoms with Crippen molar-refractivity contribution in [2.45, 2.75) is 0 Å². The number of amides is 1. The van der Waals surface area contributed by atoms with Crippen LogP contribution in [0.2, 0.25) is 0 Å². The van der Waals surface area contributed by atoms with Crippen molar-refractivity contribution in [2.75, 3.05) is 5.32 Å². The van der Waals surface area contributed by atoms with Crippen LogP contribution in [0.5, 0.6) is 0 Å². The quantitative estimate of drug-likeness (QED) is 0.764. The highest BCUT2D eigenvalue weighted by atomic mass is 32.1. The van der Waals surface area contributed by atoms with Gasteiger partial charge in [0, 0.05) is 24.0 Å². The Labute approximate surface area is 107 Å². The van der Waals surface area contributed by atoms with Crippen LogP contribution in [0.4, 0.5) is 5.13 Å². The molecule has 0 saturated heterocycles. The topological polar surface area (TPSA) is 67.8 Å². The number of rotatable bonds is 2. The predicted molar refractivity (Wildman–Crippen MR) is 69.6 cm³/mol. The van der Waals surface area contributed by atoms with Gasteiger partial charge in [0.05, 0.1) is 11.1 Å². The minimum atomic E-state index is -0.226. The SMILES string of the molecule is O=C(Nc1nccs1)c1cccc2nccnc12. The van der Waals surface area contributed by atoms with Gasteiger partial charge in [0.25, 0.3) is 5.91 Å². The minimum Gasteiger partial charge on any atom is -0.298 e. The third-order valence-electron chi connectivity index (χ3n) is 2.40. The molecule has 3 aromatic rings. The van der Waals surface area contributed by atoms with E-state index in [1.807, 2.05) is 6.07 Å². The van der Waals surface area contributed by atoms with E-state index in [0.717, 1.165) is 0 Å². The highest BCUT2D eigenvalue weighted by Crippen LogP contribution is 2.17. The van der Waals surface area contributed by atoms with Gasteiger partial charge in [-0.15, -0.1) is 11.3 Å². The number of thiazole rings is 1. The molecule has 0 aliphatic carbocycles. The van der Waals surface area contributed by atoms with Gasteiger partial charge in [-0.05, 0) is 12.1 Å². The molecule has 3 rings (SSSR count). The number of fused-ring (bicyclic) bond motifs is 1. The van der Waals surface area contributed by atoms with E-state index in [4.69, 9.17) is 0 Å². The zero-order valence-electron chi connectivity index (χ0n) is 9.20. The van der Waals surface area contributed by atoms with E-state index in [9.17, 15) is 4.79 Å². The fraction of sp³-hybridized carbons (Fsp3) is 0. The molecule has 5 nitrogen and oxygen atoms in total. The Bertz CT molecular complexity index is 691. The number of hydrogen-bond donors (Lipinski definition) is 1. The minimum absolute atomic E-state index is 0.226. The summed E-state index contributed by atoms with van der Waals surface area (Å²) in [5.41, 5.74) is 1.79. The molecule has 2 heterocycles. The highest BCUT2D eigenvalue weighted by Gasteiger charge is 2.12. The fourth-order valence-electron chi connectivity index (χ4n) is 1.63. The van der Waals surface area contributed by atoms with Crippen LogP contribution in [0.25, 0.3) is 11.0 Å². The Morgan fingerprint density at radius 3 is 2.83 bits per heavy atom. The zero-order valence-corrected chi connectivity index (χ0v) is 10.0. The monoisotopic (exact) mass is 256 g/mol. The first-order valence-corrected chi connectivity index (χ1v) is 6.13. The number of nitrogens with zero attached hydrogens (tertiary/aromatic N) is 3. The first-order chi connectivity index (χ1) is 8.84. The van der Waals surface area contributed by atoms with Crippen molar-refractivity contribution in [1.29, 1.82) is 0 Å². The summed E-state index contributed by atoms with van der Waals surface area (Å²) >= 11 is 1.37. The maximum atomic E-state index is 12.1. The van der Waals surface area contributed by atoms with Crippen molar-refractivity contribution < 1.29 is 4.79 Å². The zero-order chi connectivity index (χ0) is 12.4. The molecular formula is C12H8N4OS. The maximum absolute atomic E-state index is 12.1. The molecule has 6 heteroatoms. The average molecular weight is 256 g/mol. The van der Waals surface area contributed by atoms with Gasteiger partial charge < -0.3 is 0 Å². The average Bonchev–Trinajstić information content (AvgIpc) is 2.91. The molecule has 18 heavy (non-hydrogen) atoms. The van der Waals surface area contributed by atoms with Gasteiger partial charge >= 0.3 is 0 Å². The van der Waals surface area contributed by atoms with Crippen LogP contribution in [-0.4, -0.2) is 20.9 Å². The van der Waals surface area contributed by atoms with E-state index in [1.165, 1.54) is 11.3 Å². The third kappa shape index (κ3) is 1.93. The van der Waals surface area contributed by atoms with Gasteiger partial charge in [0.2, 0.25) is 0 Å². The number of nitrogens with one attached hydrogen (secondary N) is 1. The van der Waals surface area contributed by atoms with Crippen LogP contribution in [0, 0.1) is 0 Å². The first-order valence-electron chi connectivity index (χ1n) is 5.25. The van der Waals surface area contributed by atoms with E-state index >= 15 is 0 Å². The smallest absolute Gasteiger partial charge is 0.259 e. The van der Waals surface area contributed by atoms with Gasteiger partial charge in [-0.2, -0.15) is 0 Å². The summed E-state index contributed by atoms with van der Waals surface area (Å²) in [6.07, 6.45) is 4.82. The molecule has 0 atom stereocenters. The third-order valence-corrected chi connectivity index (χ3v) is 3.08. The fourth-order valence-corrected chi connectivity index (χ4v) is 2.15. The van der Waals surface area contributed by atoms with Crippen LogP contribution >= 0.6 is 11.3 Å². The van der Waals surface area contributed by atoms with Gasteiger partial charge in [-0.25, -0.2) is 4.98 Å². The number of hydrogen-bond acceptors (Lipinski definition) is 5. The second kappa shape index (κ2) is 4.50. The summed E-state index contributed by atoms with van der Waals surface area (Å²) in [6, 6.07) is 5.33. The standard InChI is InChI=1S/C12H8N4OS/c17-11(16-12-15-6-7-18-12)8-2-1-3-9-10(8)14-5-4-13-9/h1-7H,(H,15,16,17). The lowest BCUT2D eigenvalue weighted by Gasteiger charge is -2.04. The Hall–Kier alpha value is -2.34. The summed E-state index contributed by atoms with van der Waals surface area (Å²) in [6.45, 7) is 0. The number of aromatic nitrogens is 3. The molecule has 0 saturated carbocycles. The normalized spacial score (nSPS) is 10.4. The number of carbonyl (C=O) groups excluding carboxylic acids is 1. The molecule has 88 valence electrons. The number of para-hydroxylation sites is 1. The molecule has 2 aromatic heterocycles. The molecule has 0 spiro atoms. The molecular weight excluding hydrogens is 248 g/mol. The Morgan fingerprint density at radius 2 is 2.00 bits per heavy atom. The summed E-state index contributed by atoms with van der Waals surface area (Å²) in [5, 5.41) is 5.11. The number of benzene rings is 1. The van der Waals surface area contributed by atoms with E-state index in [2.05, 4.69) is 20.3 Å². The molecule has 0 bridgehead atoms. The highest BCUT2D eigenvalue weighted by molar-refractivity contribution is 7.13. The Morgan fingerprint density at radius 1 is 1.11 bits per heavy atom. The van der Waals surface area contributed by atoms with Gasteiger partial charge in [0.1, 0.15) is 5.52 Å². The van der Waals surface area contributed by atoms with Crippen molar-refractivity contribution in [3.05, 3.63) is 47.7 Å². The molecule has 0 unspecified atom stereocenters. The van der Waals surface area contributed by atoms with Crippen molar-refractivity contribution in [3.8, 4) is 0 Å². The van der Waals surface area contributed by atoms with Crippen LogP contribution in [0.3, 0.4) is 0 Å². The first kappa shape index (κ1) is 10.8. The second-order valence-corrected chi connectivity index (χ2v) is 4.42. The maximum Gasteiger partial charge on any atom is 0.259 e. The van der Waals surface area contributed by atoms with E-state index in [1.54, 1.807) is 36.1 Å². The van der Waals surface area contributed by atoms with Crippen LogP contribution in [0.1, 0.15) is 10.4 Å². The van der Waals surface area contributed by atoms with E-state index < -0.39 is 0 Å². The molecule has 0 aliphatic rings. The van der Waals surface area contributed by atoms with Gasteiger partial charge in [0.15, 0.2) is 5.13 Å².